The molecule has 0 radical (unpaired) electrons. The summed E-state index contributed by atoms with van der Waals surface area (Å²) in [5.41, 5.74) is 0.975. The van der Waals surface area contributed by atoms with Gasteiger partial charge in [0.05, 0.1) is 15.7 Å². The van der Waals surface area contributed by atoms with Gasteiger partial charge in [0, 0.05) is 42.3 Å². The first-order valence-electron chi connectivity index (χ1n) is 12.2. The van der Waals surface area contributed by atoms with Crippen molar-refractivity contribution in [3.05, 3.63) is 57.6 Å². The number of hydrogen-bond donors (Lipinski definition) is 1. The molecule has 202 valence electrons. The van der Waals surface area contributed by atoms with Crippen LogP contribution in [0.25, 0.3) is 0 Å². The SMILES string of the molecule is Cc1c(Cl)cccc1S(=O)(=O)N1CCC[C@H](NC(=O)[C@H]2CCCN(S(=O)(=O)c3cccc(Cl)c3C)C2)C1. The molecule has 0 spiro atoms. The van der Waals surface area contributed by atoms with E-state index in [1.165, 1.54) is 20.7 Å². The highest BCUT2D eigenvalue weighted by molar-refractivity contribution is 7.89. The molecule has 2 aromatic rings. The molecular formula is C25H31Cl2N3O5S2. The molecule has 1 N–H and O–H groups in total. The maximum absolute atomic E-state index is 13.3. The summed E-state index contributed by atoms with van der Waals surface area (Å²) in [6.45, 7) is 4.23. The van der Waals surface area contributed by atoms with E-state index in [-0.39, 0.29) is 34.8 Å². The van der Waals surface area contributed by atoms with E-state index in [9.17, 15) is 21.6 Å². The summed E-state index contributed by atoms with van der Waals surface area (Å²) in [5, 5.41) is 3.74. The summed E-state index contributed by atoms with van der Waals surface area (Å²) in [6.07, 6.45) is 2.35. The number of hydrogen-bond acceptors (Lipinski definition) is 5. The van der Waals surface area contributed by atoms with Crippen LogP contribution in [0, 0.1) is 19.8 Å². The number of nitrogens with one attached hydrogen (secondary N) is 1. The summed E-state index contributed by atoms with van der Waals surface area (Å²) in [4.78, 5) is 13.5. The zero-order valence-corrected chi connectivity index (χ0v) is 23.9. The number of halogens is 2. The third-order valence-electron chi connectivity index (χ3n) is 7.16. The van der Waals surface area contributed by atoms with E-state index in [2.05, 4.69) is 5.32 Å². The molecule has 0 aromatic heterocycles. The number of carbonyl (C=O) groups excluding carboxylic acids is 1. The number of benzene rings is 2. The van der Waals surface area contributed by atoms with Crippen molar-refractivity contribution in [2.45, 2.75) is 55.4 Å². The monoisotopic (exact) mass is 587 g/mol. The highest BCUT2D eigenvalue weighted by Gasteiger charge is 2.37. The molecule has 37 heavy (non-hydrogen) atoms. The van der Waals surface area contributed by atoms with Crippen molar-refractivity contribution in [1.82, 2.24) is 13.9 Å². The van der Waals surface area contributed by atoms with Crippen LogP contribution in [0.5, 0.6) is 0 Å². The third-order valence-corrected chi connectivity index (χ3v) is 12.0. The zero-order valence-electron chi connectivity index (χ0n) is 20.8. The first-order valence-corrected chi connectivity index (χ1v) is 15.9. The topological polar surface area (TPSA) is 104 Å². The second-order valence-electron chi connectivity index (χ2n) is 9.64. The quantitative estimate of drug-likeness (QED) is 0.550. The molecule has 2 atom stereocenters. The molecule has 0 aliphatic carbocycles. The van der Waals surface area contributed by atoms with Crippen molar-refractivity contribution in [1.29, 1.82) is 0 Å². The lowest BCUT2D eigenvalue weighted by Gasteiger charge is -2.35. The van der Waals surface area contributed by atoms with Crippen LogP contribution in [0.4, 0.5) is 0 Å². The van der Waals surface area contributed by atoms with Crippen LogP contribution in [0.2, 0.25) is 10.0 Å². The Bertz CT molecular complexity index is 1400. The zero-order chi connectivity index (χ0) is 27.0. The fourth-order valence-electron chi connectivity index (χ4n) is 4.98. The van der Waals surface area contributed by atoms with Crippen LogP contribution >= 0.6 is 23.2 Å². The average molecular weight is 589 g/mol. The van der Waals surface area contributed by atoms with Crippen molar-refractivity contribution in [2.75, 3.05) is 26.2 Å². The molecule has 4 rings (SSSR count). The van der Waals surface area contributed by atoms with E-state index in [1.54, 1.807) is 38.1 Å². The fraction of sp³-hybridized carbons (Fsp3) is 0.480. The van der Waals surface area contributed by atoms with E-state index in [0.717, 1.165) is 0 Å². The molecule has 1 amide bonds. The van der Waals surface area contributed by atoms with E-state index in [0.29, 0.717) is 59.9 Å². The maximum Gasteiger partial charge on any atom is 0.243 e. The molecule has 12 heteroatoms. The lowest BCUT2D eigenvalue weighted by atomic mass is 9.97. The van der Waals surface area contributed by atoms with Gasteiger partial charge in [-0.3, -0.25) is 4.79 Å². The van der Waals surface area contributed by atoms with Crippen LogP contribution in [0.1, 0.15) is 36.8 Å². The van der Waals surface area contributed by atoms with E-state index in [1.807, 2.05) is 0 Å². The van der Waals surface area contributed by atoms with Gasteiger partial charge < -0.3 is 5.32 Å². The molecule has 2 fully saturated rings. The number of amides is 1. The smallest absolute Gasteiger partial charge is 0.243 e. The van der Waals surface area contributed by atoms with Gasteiger partial charge in [0.2, 0.25) is 26.0 Å². The fourth-order valence-corrected chi connectivity index (χ4v) is 8.99. The summed E-state index contributed by atoms with van der Waals surface area (Å²) >= 11 is 12.3. The molecule has 0 saturated carbocycles. The van der Waals surface area contributed by atoms with E-state index in [4.69, 9.17) is 23.2 Å². The maximum atomic E-state index is 13.3. The lowest BCUT2D eigenvalue weighted by Crippen LogP contribution is -2.52. The number of sulfonamides is 2. The Kier molecular flexibility index (Phi) is 8.57. The van der Waals surface area contributed by atoms with Gasteiger partial charge in [0.1, 0.15) is 0 Å². The van der Waals surface area contributed by atoms with E-state index < -0.39 is 26.0 Å². The molecule has 0 unspecified atom stereocenters. The van der Waals surface area contributed by atoms with Crippen LogP contribution in [-0.2, 0) is 24.8 Å². The molecule has 2 aromatic carbocycles. The Labute approximate surface area is 229 Å². The van der Waals surface area contributed by atoms with Gasteiger partial charge in [-0.2, -0.15) is 8.61 Å². The standard InChI is InChI=1S/C25H31Cl2N3O5S2/c1-17-21(26)9-3-11-23(17)36(32,33)29-13-5-7-19(15-29)25(31)28-20-8-6-14-30(16-20)37(34,35)24-12-4-10-22(27)18(24)2/h3-4,9-12,19-20H,5-8,13-16H2,1-2H3,(H,28,31)/t19-,20-/m0/s1. The van der Waals surface area contributed by atoms with Crippen molar-refractivity contribution < 1.29 is 21.6 Å². The minimum Gasteiger partial charge on any atom is -0.352 e. The van der Waals surface area contributed by atoms with Crippen LogP contribution in [-0.4, -0.2) is 63.6 Å². The largest absolute Gasteiger partial charge is 0.352 e. The molecule has 0 bridgehead atoms. The molecule has 2 saturated heterocycles. The third kappa shape index (κ3) is 5.84. The Hall–Kier alpha value is -1.69. The highest BCUT2D eigenvalue weighted by atomic mass is 35.5. The molecule has 8 nitrogen and oxygen atoms in total. The van der Waals surface area contributed by atoms with E-state index >= 15 is 0 Å². The Morgan fingerprint density at radius 3 is 1.84 bits per heavy atom. The summed E-state index contributed by atoms with van der Waals surface area (Å²) < 4.78 is 56.0. The highest BCUT2D eigenvalue weighted by Crippen LogP contribution is 2.30. The molecule has 2 aliphatic heterocycles. The van der Waals surface area contributed by atoms with Gasteiger partial charge in [0.15, 0.2) is 0 Å². The van der Waals surface area contributed by atoms with Crippen LogP contribution < -0.4 is 5.32 Å². The minimum absolute atomic E-state index is 0.0660. The number of piperidine rings is 2. The first kappa shape index (κ1) is 28.3. The lowest BCUT2D eigenvalue weighted by molar-refractivity contribution is -0.127. The van der Waals surface area contributed by atoms with Crippen LogP contribution in [0.3, 0.4) is 0 Å². The van der Waals surface area contributed by atoms with Crippen molar-refractivity contribution >= 4 is 49.2 Å². The Morgan fingerprint density at radius 1 is 0.811 bits per heavy atom. The average Bonchev–Trinajstić information content (AvgIpc) is 2.87. The predicted octanol–water partition coefficient (Wildman–Crippen LogP) is 3.98. The van der Waals surface area contributed by atoms with Gasteiger partial charge >= 0.3 is 0 Å². The summed E-state index contributed by atoms with van der Waals surface area (Å²) in [5.74, 6) is -0.781. The Morgan fingerprint density at radius 2 is 1.30 bits per heavy atom. The van der Waals surface area contributed by atoms with Crippen molar-refractivity contribution in [3.8, 4) is 0 Å². The predicted molar refractivity (Wildman–Crippen MR) is 144 cm³/mol. The van der Waals surface area contributed by atoms with Gasteiger partial charge in [0.25, 0.3) is 0 Å². The summed E-state index contributed by atoms with van der Waals surface area (Å²) in [6, 6.07) is 9.21. The van der Waals surface area contributed by atoms with Crippen LogP contribution in [0.15, 0.2) is 46.2 Å². The molecule has 2 heterocycles. The van der Waals surface area contributed by atoms with Gasteiger partial charge in [-0.05, 0) is 74.9 Å². The molecule has 2 aliphatic rings. The van der Waals surface area contributed by atoms with Crippen molar-refractivity contribution in [3.63, 3.8) is 0 Å². The molecular weight excluding hydrogens is 557 g/mol. The van der Waals surface area contributed by atoms with Crippen molar-refractivity contribution in [2.24, 2.45) is 5.92 Å². The first-order chi connectivity index (χ1) is 17.4. The number of carbonyl (C=O) groups is 1. The Balaban J connectivity index is 1.44. The summed E-state index contributed by atoms with van der Waals surface area (Å²) in [7, 11) is -7.59. The number of nitrogens with zero attached hydrogens (tertiary/aromatic N) is 2. The minimum atomic E-state index is -3.81. The normalized spacial score (nSPS) is 22.1. The second-order valence-corrected chi connectivity index (χ2v) is 14.3. The number of rotatable bonds is 6. The van der Waals surface area contributed by atoms with Gasteiger partial charge in [-0.15, -0.1) is 0 Å². The second kappa shape index (κ2) is 11.2. The van der Waals surface area contributed by atoms with Gasteiger partial charge in [-0.1, -0.05) is 35.3 Å². The van der Waals surface area contributed by atoms with Gasteiger partial charge in [-0.25, -0.2) is 16.8 Å².